The van der Waals surface area contributed by atoms with Crippen LogP contribution >= 0.6 is 11.8 Å². The van der Waals surface area contributed by atoms with E-state index in [1.165, 1.54) is 23.9 Å². The van der Waals surface area contributed by atoms with Crippen LogP contribution in [0.15, 0.2) is 23.1 Å². The Morgan fingerprint density at radius 1 is 1.36 bits per heavy atom. The Labute approximate surface area is 149 Å². The molecule has 1 aromatic carbocycles. The first-order valence-corrected chi connectivity index (χ1v) is 8.97. The van der Waals surface area contributed by atoms with Gasteiger partial charge in [-0.25, -0.2) is 4.79 Å². The highest BCUT2D eigenvalue weighted by Gasteiger charge is 2.26. The molecule has 0 aliphatic carbocycles. The van der Waals surface area contributed by atoms with Crippen LogP contribution < -0.4 is 0 Å². The van der Waals surface area contributed by atoms with Crippen LogP contribution in [0.3, 0.4) is 0 Å². The summed E-state index contributed by atoms with van der Waals surface area (Å²) >= 11 is 1.22. The zero-order valence-corrected chi connectivity index (χ0v) is 15.1. The van der Waals surface area contributed by atoms with E-state index in [-0.39, 0.29) is 29.4 Å². The van der Waals surface area contributed by atoms with Gasteiger partial charge in [-0.05, 0) is 32.2 Å². The Hall–Kier alpha value is -2.13. The molecule has 0 bridgehead atoms. The molecule has 1 heterocycles. The highest BCUT2D eigenvalue weighted by molar-refractivity contribution is 7.98. The average Bonchev–Trinajstić information content (AvgIpc) is 2.57. The lowest BCUT2D eigenvalue weighted by Gasteiger charge is -2.35. The van der Waals surface area contributed by atoms with Gasteiger partial charge in [0.1, 0.15) is 0 Å². The van der Waals surface area contributed by atoms with Crippen LogP contribution in [0.1, 0.15) is 24.2 Å². The zero-order chi connectivity index (χ0) is 18.6. The minimum absolute atomic E-state index is 0.0426. The fourth-order valence-corrected chi connectivity index (χ4v) is 3.19. The predicted octanol–water partition coefficient (Wildman–Crippen LogP) is 2.11. The number of rotatable bonds is 5. The molecule has 1 fully saturated rings. The number of morpholine rings is 1. The molecule has 0 N–H and O–H groups in total. The Bertz CT molecular complexity index is 671. The molecule has 0 spiro atoms. The molecule has 0 radical (unpaired) electrons. The second-order valence-corrected chi connectivity index (χ2v) is 6.62. The van der Waals surface area contributed by atoms with Crippen molar-refractivity contribution in [3.63, 3.8) is 0 Å². The molecule has 1 aromatic rings. The molecule has 2 rings (SSSR count). The number of hydrogen-bond donors (Lipinski definition) is 0. The smallest absolute Gasteiger partial charge is 0.338 e. The van der Waals surface area contributed by atoms with Crippen molar-refractivity contribution in [1.29, 1.82) is 0 Å². The molecule has 2 atom stereocenters. The number of nitro benzene ring substituents is 1. The summed E-state index contributed by atoms with van der Waals surface area (Å²) in [7, 11) is 0. The molecular weight excluding hydrogens is 348 g/mol. The predicted molar refractivity (Wildman–Crippen MR) is 91.7 cm³/mol. The van der Waals surface area contributed by atoms with Crippen LogP contribution in [0, 0.1) is 10.1 Å². The summed E-state index contributed by atoms with van der Waals surface area (Å²) in [5.41, 5.74) is -0.120. The highest BCUT2D eigenvalue weighted by Crippen LogP contribution is 2.28. The van der Waals surface area contributed by atoms with Gasteiger partial charge in [-0.3, -0.25) is 14.9 Å². The SMILES string of the molecule is CSc1ccc(C(=O)OCC(=O)N2C[C@@H](C)O[C@@H](C)C2)cc1[N+](=O)[O-]. The van der Waals surface area contributed by atoms with Crippen molar-refractivity contribution in [2.75, 3.05) is 26.0 Å². The van der Waals surface area contributed by atoms with E-state index in [0.717, 1.165) is 6.07 Å². The van der Waals surface area contributed by atoms with E-state index >= 15 is 0 Å². The second-order valence-electron chi connectivity index (χ2n) is 5.78. The summed E-state index contributed by atoms with van der Waals surface area (Å²) in [5, 5.41) is 11.1. The van der Waals surface area contributed by atoms with Crippen LogP contribution in [-0.4, -0.2) is 59.9 Å². The molecule has 1 aliphatic rings. The van der Waals surface area contributed by atoms with Crippen molar-refractivity contribution in [3.05, 3.63) is 33.9 Å². The molecule has 8 nitrogen and oxygen atoms in total. The van der Waals surface area contributed by atoms with Gasteiger partial charge in [0, 0.05) is 19.2 Å². The van der Waals surface area contributed by atoms with Crippen molar-refractivity contribution in [2.45, 2.75) is 31.0 Å². The first-order valence-electron chi connectivity index (χ1n) is 7.74. The second kappa shape index (κ2) is 8.30. The third-order valence-electron chi connectivity index (χ3n) is 3.71. The standard InChI is InChI=1S/C16H20N2O6S/c1-10-7-17(8-11(2)24-10)15(19)9-23-16(20)12-4-5-14(25-3)13(6-12)18(21)22/h4-6,10-11H,7-9H2,1-3H3/t10-,11+. The molecule has 136 valence electrons. The van der Waals surface area contributed by atoms with E-state index in [0.29, 0.717) is 18.0 Å². The number of amides is 1. The minimum atomic E-state index is -0.765. The van der Waals surface area contributed by atoms with Gasteiger partial charge >= 0.3 is 5.97 Å². The molecule has 1 saturated heterocycles. The van der Waals surface area contributed by atoms with Gasteiger partial charge in [0.05, 0.1) is 27.6 Å². The fraction of sp³-hybridized carbons (Fsp3) is 0.500. The van der Waals surface area contributed by atoms with Crippen molar-refractivity contribution >= 4 is 29.3 Å². The maximum Gasteiger partial charge on any atom is 0.338 e. The highest BCUT2D eigenvalue weighted by atomic mass is 32.2. The Balaban J connectivity index is 1.99. The average molecular weight is 368 g/mol. The monoisotopic (exact) mass is 368 g/mol. The summed E-state index contributed by atoms with van der Waals surface area (Å²) in [4.78, 5) is 36.8. The number of benzene rings is 1. The molecule has 0 unspecified atom stereocenters. The van der Waals surface area contributed by atoms with Gasteiger partial charge in [0.15, 0.2) is 6.61 Å². The normalized spacial score (nSPS) is 20.2. The van der Waals surface area contributed by atoms with E-state index in [1.54, 1.807) is 11.2 Å². The lowest BCUT2D eigenvalue weighted by atomic mass is 10.2. The number of thioether (sulfide) groups is 1. The molecular formula is C16H20N2O6S. The van der Waals surface area contributed by atoms with Crippen molar-refractivity contribution in [1.82, 2.24) is 4.90 Å². The Morgan fingerprint density at radius 3 is 2.56 bits per heavy atom. The topological polar surface area (TPSA) is 99.0 Å². The minimum Gasteiger partial charge on any atom is -0.452 e. The van der Waals surface area contributed by atoms with Crippen LogP contribution in [0.2, 0.25) is 0 Å². The number of hydrogen-bond acceptors (Lipinski definition) is 7. The Kier molecular flexibility index (Phi) is 6.38. The molecule has 1 aliphatic heterocycles. The third kappa shape index (κ3) is 4.93. The maximum atomic E-state index is 12.2. The summed E-state index contributed by atoms with van der Waals surface area (Å²) in [5.74, 6) is -1.08. The summed E-state index contributed by atoms with van der Waals surface area (Å²) in [6.07, 6.45) is 1.55. The van der Waals surface area contributed by atoms with Crippen molar-refractivity contribution in [2.24, 2.45) is 0 Å². The van der Waals surface area contributed by atoms with E-state index in [2.05, 4.69) is 0 Å². The van der Waals surface area contributed by atoms with Gasteiger partial charge in [-0.15, -0.1) is 11.8 Å². The van der Waals surface area contributed by atoms with E-state index in [9.17, 15) is 19.7 Å². The largest absolute Gasteiger partial charge is 0.452 e. The lowest BCUT2D eigenvalue weighted by molar-refractivity contribution is -0.387. The van der Waals surface area contributed by atoms with E-state index in [1.807, 2.05) is 13.8 Å². The lowest BCUT2D eigenvalue weighted by Crippen LogP contribution is -2.49. The third-order valence-corrected chi connectivity index (χ3v) is 4.50. The quantitative estimate of drug-likeness (QED) is 0.340. The van der Waals surface area contributed by atoms with Crippen molar-refractivity contribution in [3.8, 4) is 0 Å². The van der Waals surface area contributed by atoms with Gasteiger partial charge in [-0.1, -0.05) is 0 Å². The van der Waals surface area contributed by atoms with Gasteiger partial charge < -0.3 is 14.4 Å². The fourth-order valence-electron chi connectivity index (χ4n) is 2.64. The number of ether oxygens (including phenoxy) is 2. The summed E-state index contributed by atoms with van der Waals surface area (Å²) < 4.78 is 10.6. The first-order chi connectivity index (χ1) is 11.8. The van der Waals surface area contributed by atoms with Gasteiger partial charge in [0.2, 0.25) is 0 Å². The van der Waals surface area contributed by atoms with Crippen LogP contribution in [-0.2, 0) is 14.3 Å². The number of carbonyl (C=O) groups excluding carboxylic acids is 2. The van der Waals surface area contributed by atoms with E-state index < -0.39 is 17.5 Å². The molecule has 25 heavy (non-hydrogen) atoms. The molecule has 9 heteroatoms. The Morgan fingerprint density at radius 2 is 2.00 bits per heavy atom. The van der Waals surface area contributed by atoms with Crippen molar-refractivity contribution < 1.29 is 24.0 Å². The number of nitrogens with zero attached hydrogens (tertiary/aromatic N) is 2. The van der Waals surface area contributed by atoms with Gasteiger partial charge in [-0.2, -0.15) is 0 Å². The summed E-state index contributed by atoms with van der Waals surface area (Å²) in [6, 6.07) is 4.11. The zero-order valence-electron chi connectivity index (χ0n) is 14.3. The molecule has 0 saturated carbocycles. The first kappa shape index (κ1) is 19.2. The number of nitro groups is 1. The van der Waals surface area contributed by atoms with E-state index in [4.69, 9.17) is 9.47 Å². The van der Waals surface area contributed by atoms with Crippen LogP contribution in [0.25, 0.3) is 0 Å². The molecule has 0 aromatic heterocycles. The summed E-state index contributed by atoms with van der Waals surface area (Å²) in [6.45, 7) is 4.21. The number of carbonyl (C=O) groups is 2. The number of esters is 1. The van der Waals surface area contributed by atoms with Crippen LogP contribution in [0.4, 0.5) is 5.69 Å². The maximum absolute atomic E-state index is 12.2. The van der Waals surface area contributed by atoms with Crippen LogP contribution in [0.5, 0.6) is 0 Å². The molecule has 1 amide bonds. The van der Waals surface area contributed by atoms with Gasteiger partial charge in [0.25, 0.3) is 11.6 Å².